The van der Waals surface area contributed by atoms with Gasteiger partial charge in [0.2, 0.25) is 0 Å². The summed E-state index contributed by atoms with van der Waals surface area (Å²) in [5, 5.41) is 3.42. The van der Waals surface area contributed by atoms with E-state index in [1.54, 1.807) is 0 Å². The Morgan fingerprint density at radius 2 is 1.78 bits per heavy atom. The van der Waals surface area contributed by atoms with Crippen molar-refractivity contribution in [3.8, 4) is 5.75 Å². The van der Waals surface area contributed by atoms with Gasteiger partial charge in [0.05, 0.1) is 6.61 Å². The molecule has 0 unspecified atom stereocenters. The van der Waals surface area contributed by atoms with Crippen LogP contribution in [0, 0.1) is 0 Å². The average Bonchev–Trinajstić information content (AvgIpc) is 3.46. The van der Waals surface area contributed by atoms with Gasteiger partial charge in [0, 0.05) is 13.1 Å². The van der Waals surface area contributed by atoms with Gasteiger partial charge in [-0.1, -0.05) is 48.5 Å². The third-order valence-electron chi connectivity index (χ3n) is 4.61. The van der Waals surface area contributed by atoms with Crippen molar-refractivity contribution in [2.75, 3.05) is 19.7 Å². The number of hydrogen-bond acceptors (Lipinski definition) is 3. The van der Waals surface area contributed by atoms with Crippen LogP contribution in [0.25, 0.3) is 0 Å². The number of para-hydroxylation sites is 1. The van der Waals surface area contributed by atoms with Gasteiger partial charge < -0.3 is 14.8 Å². The SMILES string of the molecule is c1ccc([C@H](Oc2ccccc2C2CC2)[C@H]2CNCCO2)cc1. The zero-order chi connectivity index (χ0) is 15.5. The first-order chi connectivity index (χ1) is 11.4. The van der Waals surface area contributed by atoms with Crippen molar-refractivity contribution in [3.05, 3.63) is 65.7 Å². The summed E-state index contributed by atoms with van der Waals surface area (Å²) in [5.41, 5.74) is 2.52. The Balaban J connectivity index is 1.63. The second kappa shape index (κ2) is 6.73. The fourth-order valence-corrected chi connectivity index (χ4v) is 3.24. The van der Waals surface area contributed by atoms with E-state index in [1.807, 2.05) is 6.07 Å². The van der Waals surface area contributed by atoms with Gasteiger partial charge >= 0.3 is 0 Å². The van der Waals surface area contributed by atoms with Crippen LogP contribution in [-0.4, -0.2) is 25.8 Å². The van der Waals surface area contributed by atoms with E-state index in [0.717, 1.165) is 25.4 Å². The molecule has 0 aromatic heterocycles. The summed E-state index contributed by atoms with van der Waals surface area (Å²) >= 11 is 0. The molecular weight excluding hydrogens is 286 g/mol. The fraction of sp³-hybridized carbons (Fsp3) is 0.400. The lowest BCUT2D eigenvalue weighted by Crippen LogP contribution is -2.43. The van der Waals surface area contributed by atoms with E-state index in [9.17, 15) is 0 Å². The van der Waals surface area contributed by atoms with Gasteiger partial charge in [-0.05, 0) is 36.0 Å². The van der Waals surface area contributed by atoms with Crippen molar-refractivity contribution < 1.29 is 9.47 Å². The molecular formula is C20H23NO2. The van der Waals surface area contributed by atoms with Crippen molar-refractivity contribution in [2.24, 2.45) is 0 Å². The van der Waals surface area contributed by atoms with E-state index in [1.165, 1.54) is 24.0 Å². The smallest absolute Gasteiger partial charge is 0.151 e. The van der Waals surface area contributed by atoms with Gasteiger partial charge in [0.1, 0.15) is 11.9 Å². The molecule has 1 heterocycles. The van der Waals surface area contributed by atoms with E-state index >= 15 is 0 Å². The highest BCUT2D eigenvalue weighted by Gasteiger charge is 2.31. The molecule has 2 aliphatic rings. The molecule has 2 fully saturated rings. The standard InChI is InChI=1S/C20H23NO2/c1-2-6-16(7-3-1)20(19-14-21-12-13-22-19)23-18-9-5-4-8-17(18)15-10-11-15/h1-9,15,19-21H,10-14H2/t19-,20+/m1/s1. The van der Waals surface area contributed by atoms with Crippen LogP contribution in [0.5, 0.6) is 5.75 Å². The maximum atomic E-state index is 6.51. The van der Waals surface area contributed by atoms with Crippen molar-refractivity contribution in [2.45, 2.75) is 31.0 Å². The molecule has 4 rings (SSSR count). The third-order valence-corrected chi connectivity index (χ3v) is 4.61. The van der Waals surface area contributed by atoms with Crippen LogP contribution in [0.1, 0.15) is 36.0 Å². The second-order valence-electron chi connectivity index (χ2n) is 6.37. The molecule has 0 amide bonds. The Labute approximate surface area is 137 Å². The minimum absolute atomic E-state index is 0.0402. The maximum Gasteiger partial charge on any atom is 0.151 e. The van der Waals surface area contributed by atoms with E-state index in [4.69, 9.17) is 9.47 Å². The summed E-state index contributed by atoms with van der Waals surface area (Å²) < 4.78 is 12.5. The molecule has 2 aromatic rings. The molecule has 0 bridgehead atoms. The number of morpholine rings is 1. The molecule has 3 nitrogen and oxygen atoms in total. The van der Waals surface area contributed by atoms with Gasteiger partial charge in [-0.3, -0.25) is 0 Å². The summed E-state index contributed by atoms with van der Waals surface area (Å²) in [6.07, 6.45) is 2.51. The first-order valence-electron chi connectivity index (χ1n) is 8.54. The highest BCUT2D eigenvalue weighted by molar-refractivity contribution is 5.39. The van der Waals surface area contributed by atoms with Crippen LogP contribution >= 0.6 is 0 Å². The van der Waals surface area contributed by atoms with Gasteiger partial charge in [-0.25, -0.2) is 0 Å². The first-order valence-corrected chi connectivity index (χ1v) is 8.54. The molecule has 3 heteroatoms. The van der Waals surface area contributed by atoms with Gasteiger partial charge in [-0.15, -0.1) is 0 Å². The van der Waals surface area contributed by atoms with E-state index in [-0.39, 0.29) is 12.2 Å². The molecule has 0 spiro atoms. The second-order valence-corrected chi connectivity index (χ2v) is 6.37. The maximum absolute atomic E-state index is 6.51. The Morgan fingerprint density at radius 1 is 1.00 bits per heavy atom. The van der Waals surface area contributed by atoms with Crippen molar-refractivity contribution in [1.82, 2.24) is 5.32 Å². The molecule has 2 atom stereocenters. The lowest BCUT2D eigenvalue weighted by atomic mass is 10.0. The zero-order valence-corrected chi connectivity index (χ0v) is 13.3. The average molecular weight is 309 g/mol. The van der Waals surface area contributed by atoms with Crippen LogP contribution < -0.4 is 10.1 Å². The number of nitrogens with one attached hydrogen (secondary N) is 1. The van der Waals surface area contributed by atoms with Crippen LogP contribution in [0.2, 0.25) is 0 Å². The lowest BCUT2D eigenvalue weighted by Gasteiger charge is -2.32. The number of rotatable bonds is 5. The van der Waals surface area contributed by atoms with E-state index < -0.39 is 0 Å². The summed E-state index contributed by atoms with van der Waals surface area (Å²) in [4.78, 5) is 0. The van der Waals surface area contributed by atoms with Crippen molar-refractivity contribution in [1.29, 1.82) is 0 Å². The minimum atomic E-state index is -0.0797. The van der Waals surface area contributed by atoms with Crippen LogP contribution in [-0.2, 0) is 4.74 Å². The third kappa shape index (κ3) is 3.41. The normalized spacial score (nSPS) is 22.5. The molecule has 1 saturated carbocycles. The minimum Gasteiger partial charge on any atom is -0.483 e. The number of hydrogen-bond donors (Lipinski definition) is 1. The Bertz CT molecular complexity index is 633. The van der Waals surface area contributed by atoms with Crippen molar-refractivity contribution >= 4 is 0 Å². The molecule has 1 aliphatic carbocycles. The topological polar surface area (TPSA) is 30.5 Å². The molecule has 0 radical (unpaired) electrons. The summed E-state index contributed by atoms with van der Waals surface area (Å²) in [5.74, 6) is 1.69. The van der Waals surface area contributed by atoms with Crippen LogP contribution in [0.4, 0.5) is 0 Å². The predicted molar refractivity (Wildman–Crippen MR) is 90.8 cm³/mol. The molecule has 120 valence electrons. The summed E-state index contributed by atoms with van der Waals surface area (Å²) in [6, 6.07) is 18.9. The number of ether oxygens (including phenoxy) is 2. The van der Waals surface area contributed by atoms with E-state index in [0.29, 0.717) is 5.92 Å². The Morgan fingerprint density at radius 3 is 2.52 bits per heavy atom. The first kappa shape index (κ1) is 14.7. The molecule has 23 heavy (non-hydrogen) atoms. The Kier molecular flexibility index (Phi) is 4.31. The van der Waals surface area contributed by atoms with Crippen LogP contribution in [0.3, 0.4) is 0 Å². The van der Waals surface area contributed by atoms with E-state index in [2.05, 4.69) is 53.8 Å². The lowest BCUT2D eigenvalue weighted by molar-refractivity contribution is -0.0435. The van der Waals surface area contributed by atoms with Gasteiger partial charge in [0.15, 0.2) is 6.10 Å². The van der Waals surface area contributed by atoms with Gasteiger partial charge in [0.25, 0.3) is 0 Å². The fourth-order valence-electron chi connectivity index (χ4n) is 3.24. The monoisotopic (exact) mass is 309 g/mol. The van der Waals surface area contributed by atoms with Crippen LogP contribution in [0.15, 0.2) is 54.6 Å². The Hall–Kier alpha value is -1.84. The highest BCUT2D eigenvalue weighted by Crippen LogP contribution is 2.45. The summed E-state index contributed by atoms with van der Waals surface area (Å²) in [7, 11) is 0. The molecule has 2 aromatic carbocycles. The predicted octanol–water partition coefficient (Wildman–Crippen LogP) is 3.67. The summed E-state index contributed by atoms with van der Waals surface area (Å²) in [6.45, 7) is 2.48. The van der Waals surface area contributed by atoms with Crippen molar-refractivity contribution in [3.63, 3.8) is 0 Å². The molecule has 1 saturated heterocycles. The molecule has 1 aliphatic heterocycles. The largest absolute Gasteiger partial charge is 0.483 e. The zero-order valence-electron chi connectivity index (χ0n) is 13.3. The number of benzene rings is 2. The highest BCUT2D eigenvalue weighted by atomic mass is 16.5. The molecule has 1 N–H and O–H groups in total. The van der Waals surface area contributed by atoms with Gasteiger partial charge in [-0.2, -0.15) is 0 Å². The quantitative estimate of drug-likeness (QED) is 0.914.